The third-order valence-electron chi connectivity index (χ3n) is 2.17. The van der Waals surface area contributed by atoms with Crippen molar-refractivity contribution >= 4 is 0 Å². The zero-order chi connectivity index (χ0) is 12.0. The zero-order valence-electron chi connectivity index (χ0n) is 9.69. The van der Waals surface area contributed by atoms with Crippen LogP contribution in [0.3, 0.4) is 0 Å². The van der Waals surface area contributed by atoms with Gasteiger partial charge in [-0.2, -0.15) is 0 Å². The van der Waals surface area contributed by atoms with Crippen molar-refractivity contribution in [2.24, 2.45) is 0 Å². The molecule has 90 valence electrons. The fourth-order valence-corrected chi connectivity index (χ4v) is 1.41. The normalized spacial score (nSPS) is 10.7. The second-order valence-corrected chi connectivity index (χ2v) is 3.67. The molecule has 0 bridgehead atoms. The highest BCUT2D eigenvalue weighted by atomic mass is 17.2. The SMILES string of the molecule is CCCOOCc1cc(C)cc(CO)c1O. The predicted octanol–water partition coefficient (Wildman–Crippen LogP) is 2.05. The number of aliphatic hydroxyl groups is 1. The van der Waals surface area contributed by atoms with E-state index in [9.17, 15) is 5.11 Å². The molecular formula is C12H18O4. The van der Waals surface area contributed by atoms with E-state index in [1.165, 1.54) is 0 Å². The van der Waals surface area contributed by atoms with E-state index < -0.39 is 0 Å². The van der Waals surface area contributed by atoms with Gasteiger partial charge in [0.2, 0.25) is 0 Å². The average molecular weight is 226 g/mol. The molecule has 1 aromatic carbocycles. The van der Waals surface area contributed by atoms with Crippen LogP contribution in [0.25, 0.3) is 0 Å². The van der Waals surface area contributed by atoms with Crippen LogP contribution < -0.4 is 0 Å². The molecule has 1 aromatic rings. The highest BCUT2D eigenvalue weighted by molar-refractivity contribution is 5.42. The molecule has 2 N–H and O–H groups in total. The van der Waals surface area contributed by atoms with E-state index in [1.807, 2.05) is 19.9 Å². The predicted molar refractivity (Wildman–Crippen MR) is 59.8 cm³/mol. The van der Waals surface area contributed by atoms with Gasteiger partial charge >= 0.3 is 0 Å². The lowest BCUT2D eigenvalue weighted by Crippen LogP contribution is -1.99. The van der Waals surface area contributed by atoms with Crippen molar-refractivity contribution in [2.75, 3.05) is 6.61 Å². The van der Waals surface area contributed by atoms with Gasteiger partial charge in [0.05, 0.1) is 13.2 Å². The molecule has 0 amide bonds. The summed E-state index contributed by atoms with van der Waals surface area (Å²) >= 11 is 0. The van der Waals surface area contributed by atoms with Crippen LogP contribution in [0, 0.1) is 6.92 Å². The Hall–Kier alpha value is -1.10. The van der Waals surface area contributed by atoms with Crippen LogP contribution in [-0.2, 0) is 23.0 Å². The molecule has 16 heavy (non-hydrogen) atoms. The summed E-state index contributed by atoms with van der Waals surface area (Å²) in [5, 5.41) is 18.8. The zero-order valence-corrected chi connectivity index (χ0v) is 9.69. The Labute approximate surface area is 95.4 Å². The molecule has 0 saturated carbocycles. The molecule has 0 saturated heterocycles. The highest BCUT2D eigenvalue weighted by Gasteiger charge is 2.08. The van der Waals surface area contributed by atoms with E-state index in [0.717, 1.165) is 12.0 Å². The first-order valence-corrected chi connectivity index (χ1v) is 5.35. The summed E-state index contributed by atoms with van der Waals surface area (Å²) < 4.78 is 0. The maximum atomic E-state index is 9.77. The van der Waals surface area contributed by atoms with Gasteiger partial charge in [-0.1, -0.05) is 18.6 Å². The van der Waals surface area contributed by atoms with E-state index in [2.05, 4.69) is 0 Å². The van der Waals surface area contributed by atoms with E-state index in [4.69, 9.17) is 14.9 Å². The fraction of sp³-hybridized carbons (Fsp3) is 0.500. The second kappa shape index (κ2) is 6.48. The van der Waals surface area contributed by atoms with Gasteiger partial charge in [0.25, 0.3) is 0 Å². The topological polar surface area (TPSA) is 58.9 Å². The number of phenols is 1. The molecule has 4 nitrogen and oxygen atoms in total. The molecule has 0 radical (unpaired) electrons. The number of rotatable bonds is 6. The van der Waals surface area contributed by atoms with Crippen LogP contribution in [0.4, 0.5) is 0 Å². The van der Waals surface area contributed by atoms with Gasteiger partial charge in [-0.25, -0.2) is 9.78 Å². The maximum Gasteiger partial charge on any atom is 0.126 e. The van der Waals surface area contributed by atoms with Gasteiger partial charge in [-0.15, -0.1) is 0 Å². The summed E-state index contributed by atoms with van der Waals surface area (Å²) in [4.78, 5) is 9.84. The third-order valence-corrected chi connectivity index (χ3v) is 2.17. The molecule has 0 atom stereocenters. The quantitative estimate of drug-likeness (QED) is 0.443. The number of benzene rings is 1. The van der Waals surface area contributed by atoms with Crippen molar-refractivity contribution < 1.29 is 20.0 Å². The minimum atomic E-state index is -0.184. The van der Waals surface area contributed by atoms with Gasteiger partial charge in [-0.3, -0.25) is 0 Å². The minimum Gasteiger partial charge on any atom is -0.507 e. The molecule has 0 aliphatic carbocycles. The first-order chi connectivity index (χ1) is 7.69. The van der Waals surface area contributed by atoms with Crippen molar-refractivity contribution in [2.45, 2.75) is 33.5 Å². The summed E-state index contributed by atoms with van der Waals surface area (Å²) in [7, 11) is 0. The highest BCUT2D eigenvalue weighted by Crippen LogP contribution is 2.25. The number of hydrogen-bond acceptors (Lipinski definition) is 4. The van der Waals surface area contributed by atoms with E-state index in [-0.39, 0.29) is 19.0 Å². The van der Waals surface area contributed by atoms with Gasteiger partial charge in [0.15, 0.2) is 0 Å². The molecule has 0 aromatic heterocycles. The first-order valence-electron chi connectivity index (χ1n) is 5.35. The molecule has 0 unspecified atom stereocenters. The Morgan fingerprint density at radius 1 is 1.19 bits per heavy atom. The van der Waals surface area contributed by atoms with Crippen LogP contribution in [-0.4, -0.2) is 16.8 Å². The summed E-state index contributed by atoms with van der Waals surface area (Å²) in [5.41, 5.74) is 2.10. The van der Waals surface area contributed by atoms with Crippen molar-refractivity contribution in [3.63, 3.8) is 0 Å². The molecule has 0 heterocycles. The van der Waals surface area contributed by atoms with Gasteiger partial charge in [0, 0.05) is 11.1 Å². The number of aryl methyl sites for hydroxylation is 1. The van der Waals surface area contributed by atoms with Crippen LogP contribution in [0.15, 0.2) is 12.1 Å². The Balaban J connectivity index is 2.67. The van der Waals surface area contributed by atoms with E-state index in [1.54, 1.807) is 6.07 Å². The van der Waals surface area contributed by atoms with E-state index >= 15 is 0 Å². The minimum absolute atomic E-state index is 0.0770. The summed E-state index contributed by atoms with van der Waals surface area (Å²) in [6, 6.07) is 3.55. The van der Waals surface area contributed by atoms with Crippen LogP contribution >= 0.6 is 0 Å². The first kappa shape index (κ1) is 13.0. The van der Waals surface area contributed by atoms with Crippen molar-refractivity contribution in [3.8, 4) is 5.75 Å². The second-order valence-electron chi connectivity index (χ2n) is 3.67. The monoisotopic (exact) mass is 226 g/mol. The molecule has 0 spiro atoms. The molecule has 4 heteroatoms. The smallest absolute Gasteiger partial charge is 0.126 e. The van der Waals surface area contributed by atoms with Crippen molar-refractivity contribution in [1.29, 1.82) is 0 Å². The Morgan fingerprint density at radius 2 is 1.88 bits per heavy atom. The Kier molecular flexibility index (Phi) is 5.25. The van der Waals surface area contributed by atoms with Gasteiger partial charge in [-0.05, 0) is 19.4 Å². The van der Waals surface area contributed by atoms with E-state index in [0.29, 0.717) is 17.7 Å². The summed E-state index contributed by atoms with van der Waals surface area (Å²) in [6.45, 7) is 4.41. The summed E-state index contributed by atoms with van der Waals surface area (Å²) in [6.07, 6.45) is 0.877. The van der Waals surface area contributed by atoms with Crippen LogP contribution in [0.2, 0.25) is 0 Å². The van der Waals surface area contributed by atoms with Gasteiger partial charge in [0.1, 0.15) is 12.4 Å². The number of hydrogen-bond donors (Lipinski definition) is 2. The van der Waals surface area contributed by atoms with Gasteiger partial charge < -0.3 is 10.2 Å². The molecule has 1 rings (SSSR count). The molecular weight excluding hydrogens is 208 g/mol. The summed E-state index contributed by atoms with van der Waals surface area (Å²) in [5.74, 6) is 0.0770. The van der Waals surface area contributed by atoms with Crippen LogP contribution in [0.1, 0.15) is 30.0 Å². The lowest BCUT2D eigenvalue weighted by molar-refractivity contribution is -0.303. The lowest BCUT2D eigenvalue weighted by Gasteiger charge is -2.10. The average Bonchev–Trinajstić information content (AvgIpc) is 2.28. The Morgan fingerprint density at radius 3 is 2.50 bits per heavy atom. The largest absolute Gasteiger partial charge is 0.507 e. The molecule has 0 fully saturated rings. The molecule has 0 aliphatic rings. The fourth-order valence-electron chi connectivity index (χ4n) is 1.41. The van der Waals surface area contributed by atoms with Crippen molar-refractivity contribution in [1.82, 2.24) is 0 Å². The third kappa shape index (κ3) is 3.48. The maximum absolute atomic E-state index is 9.77. The van der Waals surface area contributed by atoms with Crippen molar-refractivity contribution in [3.05, 3.63) is 28.8 Å². The standard InChI is InChI=1S/C12H18O4/c1-3-4-15-16-8-11-6-9(2)5-10(7-13)12(11)14/h5-6,13-14H,3-4,7-8H2,1-2H3. The Bertz CT molecular complexity index is 336. The number of aromatic hydroxyl groups is 1. The number of aliphatic hydroxyl groups excluding tert-OH is 1. The molecule has 0 aliphatic heterocycles. The van der Waals surface area contributed by atoms with Crippen LogP contribution in [0.5, 0.6) is 5.75 Å². The lowest BCUT2D eigenvalue weighted by atomic mass is 10.1.